The lowest BCUT2D eigenvalue weighted by atomic mass is 10.1. The maximum absolute atomic E-state index is 3.58. The normalized spacial score (nSPS) is 13.1. The van der Waals surface area contributed by atoms with Crippen molar-refractivity contribution in [2.45, 2.75) is 39.2 Å². The lowest BCUT2D eigenvalue weighted by Gasteiger charge is -2.13. The van der Waals surface area contributed by atoms with Crippen LogP contribution in [0.25, 0.3) is 0 Å². The number of nitrogens with one attached hydrogen (secondary N) is 1. The SMILES string of the molecule is C/C=C/[C@@H](CCC)NCCc1ccccc1. The smallest absolute Gasteiger partial charge is 0.0249 e. The Morgan fingerprint density at radius 3 is 2.62 bits per heavy atom. The van der Waals surface area contributed by atoms with Gasteiger partial charge in [-0.15, -0.1) is 0 Å². The average molecular weight is 217 g/mol. The zero-order valence-electron chi connectivity index (χ0n) is 10.4. The highest BCUT2D eigenvalue weighted by Gasteiger charge is 2.01. The van der Waals surface area contributed by atoms with Gasteiger partial charge in [0.2, 0.25) is 0 Å². The Hall–Kier alpha value is -1.08. The molecular formula is C15H23N. The summed E-state index contributed by atoms with van der Waals surface area (Å²) in [6.45, 7) is 5.37. The molecule has 0 saturated carbocycles. The van der Waals surface area contributed by atoms with E-state index in [1.54, 1.807) is 0 Å². The van der Waals surface area contributed by atoms with Crippen molar-refractivity contribution in [3.8, 4) is 0 Å². The molecule has 0 saturated heterocycles. The van der Waals surface area contributed by atoms with Crippen LogP contribution in [-0.4, -0.2) is 12.6 Å². The van der Waals surface area contributed by atoms with Crippen LogP contribution < -0.4 is 5.32 Å². The van der Waals surface area contributed by atoms with Gasteiger partial charge in [-0.3, -0.25) is 0 Å². The third-order valence-electron chi connectivity index (χ3n) is 2.69. The van der Waals surface area contributed by atoms with Gasteiger partial charge in [-0.1, -0.05) is 55.8 Å². The Morgan fingerprint density at radius 2 is 2.00 bits per heavy atom. The molecule has 1 aromatic rings. The Morgan fingerprint density at radius 1 is 1.25 bits per heavy atom. The summed E-state index contributed by atoms with van der Waals surface area (Å²) in [7, 11) is 0. The summed E-state index contributed by atoms with van der Waals surface area (Å²) in [5.74, 6) is 0. The molecule has 0 amide bonds. The lowest BCUT2D eigenvalue weighted by molar-refractivity contribution is 0.551. The monoisotopic (exact) mass is 217 g/mol. The third kappa shape index (κ3) is 5.13. The molecular weight excluding hydrogens is 194 g/mol. The molecule has 0 fully saturated rings. The van der Waals surface area contributed by atoms with Gasteiger partial charge >= 0.3 is 0 Å². The molecule has 1 heteroatoms. The van der Waals surface area contributed by atoms with Gasteiger partial charge in [-0.2, -0.15) is 0 Å². The van der Waals surface area contributed by atoms with E-state index >= 15 is 0 Å². The van der Waals surface area contributed by atoms with Crippen molar-refractivity contribution in [1.82, 2.24) is 5.32 Å². The van der Waals surface area contributed by atoms with E-state index < -0.39 is 0 Å². The molecule has 0 aliphatic heterocycles. The van der Waals surface area contributed by atoms with Gasteiger partial charge in [0.15, 0.2) is 0 Å². The maximum atomic E-state index is 3.58. The van der Waals surface area contributed by atoms with Crippen molar-refractivity contribution in [2.24, 2.45) is 0 Å². The first kappa shape index (κ1) is 13.0. The fourth-order valence-corrected chi connectivity index (χ4v) is 1.86. The number of allylic oxidation sites excluding steroid dienone is 1. The van der Waals surface area contributed by atoms with Gasteiger partial charge in [-0.25, -0.2) is 0 Å². The number of benzene rings is 1. The molecule has 0 aromatic heterocycles. The fraction of sp³-hybridized carbons (Fsp3) is 0.467. The molecule has 1 rings (SSSR count). The molecule has 1 N–H and O–H groups in total. The standard InChI is InChI=1S/C15H23N/c1-3-8-15(9-4-2)16-13-12-14-10-6-5-7-11-14/h3,5-8,10-11,15-16H,4,9,12-13H2,1-2H3/b8-3+/t15-/m0/s1. The summed E-state index contributed by atoms with van der Waals surface area (Å²) < 4.78 is 0. The van der Waals surface area contributed by atoms with Gasteiger partial charge in [0.25, 0.3) is 0 Å². The van der Waals surface area contributed by atoms with E-state index in [0.717, 1.165) is 13.0 Å². The van der Waals surface area contributed by atoms with Crippen LogP contribution in [0.5, 0.6) is 0 Å². The van der Waals surface area contributed by atoms with Gasteiger partial charge in [0.1, 0.15) is 0 Å². The Balaban J connectivity index is 2.27. The zero-order valence-corrected chi connectivity index (χ0v) is 10.4. The summed E-state index contributed by atoms with van der Waals surface area (Å²) in [5, 5.41) is 3.58. The van der Waals surface area contributed by atoms with Crippen LogP contribution in [0.1, 0.15) is 32.3 Å². The topological polar surface area (TPSA) is 12.0 Å². The van der Waals surface area contributed by atoms with Crippen LogP contribution in [0, 0.1) is 0 Å². The highest BCUT2D eigenvalue weighted by Crippen LogP contribution is 2.01. The van der Waals surface area contributed by atoms with Crippen LogP contribution in [0.3, 0.4) is 0 Å². The summed E-state index contributed by atoms with van der Waals surface area (Å²) in [5.41, 5.74) is 1.41. The predicted octanol–water partition coefficient (Wildman–Crippen LogP) is 3.56. The fourth-order valence-electron chi connectivity index (χ4n) is 1.86. The minimum absolute atomic E-state index is 0.540. The van der Waals surface area contributed by atoms with Crippen molar-refractivity contribution < 1.29 is 0 Å². The molecule has 0 bridgehead atoms. The molecule has 1 nitrogen and oxygen atoms in total. The minimum Gasteiger partial charge on any atom is -0.310 e. The van der Waals surface area contributed by atoms with E-state index in [9.17, 15) is 0 Å². The van der Waals surface area contributed by atoms with Crippen molar-refractivity contribution in [1.29, 1.82) is 0 Å². The van der Waals surface area contributed by atoms with Gasteiger partial charge in [0, 0.05) is 6.04 Å². The molecule has 0 heterocycles. The van der Waals surface area contributed by atoms with Gasteiger partial charge in [0.05, 0.1) is 0 Å². The Bertz CT molecular complexity index is 290. The molecule has 88 valence electrons. The van der Waals surface area contributed by atoms with Crippen molar-refractivity contribution in [3.05, 3.63) is 48.0 Å². The van der Waals surface area contributed by atoms with Crippen LogP contribution in [0.2, 0.25) is 0 Å². The summed E-state index contributed by atoms with van der Waals surface area (Å²) in [6.07, 6.45) is 7.95. The average Bonchev–Trinajstić information content (AvgIpc) is 2.31. The van der Waals surface area contributed by atoms with Crippen molar-refractivity contribution in [3.63, 3.8) is 0 Å². The van der Waals surface area contributed by atoms with Crippen LogP contribution >= 0.6 is 0 Å². The maximum Gasteiger partial charge on any atom is 0.0249 e. The van der Waals surface area contributed by atoms with Gasteiger partial charge < -0.3 is 5.32 Å². The highest BCUT2D eigenvalue weighted by molar-refractivity contribution is 5.14. The van der Waals surface area contributed by atoms with Crippen molar-refractivity contribution in [2.75, 3.05) is 6.54 Å². The molecule has 0 radical (unpaired) electrons. The third-order valence-corrected chi connectivity index (χ3v) is 2.69. The van der Waals surface area contributed by atoms with E-state index in [1.165, 1.54) is 18.4 Å². The Kier molecular flexibility index (Phi) is 6.59. The van der Waals surface area contributed by atoms with E-state index in [0.29, 0.717) is 6.04 Å². The van der Waals surface area contributed by atoms with E-state index in [-0.39, 0.29) is 0 Å². The summed E-state index contributed by atoms with van der Waals surface area (Å²) >= 11 is 0. The first-order valence-electron chi connectivity index (χ1n) is 6.27. The first-order valence-corrected chi connectivity index (χ1v) is 6.27. The number of hydrogen-bond donors (Lipinski definition) is 1. The summed E-state index contributed by atoms with van der Waals surface area (Å²) in [4.78, 5) is 0. The highest BCUT2D eigenvalue weighted by atomic mass is 14.9. The largest absolute Gasteiger partial charge is 0.310 e. The van der Waals surface area contributed by atoms with E-state index in [4.69, 9.17) is 0 Å². The minimum atomic E-state index is 0.540. The molecule has 1 atom stereocenters. The van der Waals surface area contributed by atoms with Gasteiger partial charge in [-0.05, 0) is 31.9 Å². The second-order valence-electron chi connectivity index (χ2n) is 4.11. The van der Waals surface area contributed by atoms with Crippen LogP contribution in [0.15, 0.2) is 42.5 Å². The van der Waals surface area contributed by atoms with Crippen LogP contribution in [0.4, 0.5) is 0 Å². The molecule has 0 spiro atoms. The van der Waals surface area contributed by atoms with Crippen molar-refractivity contribution >= 4 is 0 Å². The number of hydrogen-bond acceptors (Lipinski definition) is 1. The summed E-state index contributed by atoms with van der Waals surface area (Å²) in [6, 6.07) is 11.2. The van der Waals surface area contributed by atoms with Crippen LogP contribution in [-0.2, 0) is 6.42 Å². The molecule has 0 unspecified atom stereocenters. The molecule has 0 aliphatic rings. The Labute approximate surface area is 99.6 Å². The second-order valence-corrected chi connectivity index (χ2v) is 4.11. The van der Waals surface area contributed by atoms with E-state index in [1.807, 2.05) is 0 Å². The predicted molar refractivity (Wildman–Crippen MR) is 71.7 cm³/mol. The second kappa shape index (κ2) is 8.12. The lowest BCUT2D eigenvalue weighted by Crippen LogP contribution is -2.28. The van der Waals surface area contributed by atoms with E-state index in [2.05, 4.69) is 61.6 Å². The zero-order chi connectivity index (χ0) is 11.6. The molecule has 0 aliphatic carbocycles. The molecule has 16 heavy (non-hydrogen) atoms. The number of rotatable bonds is 7. The first-order chi connectivity index (χ1) is 7.86. The quantitative estimate of drug-likeness (QED) is 0.689. The molecule has 1 aromatic carbocycles.